The Hall–Kier alpha value is -3.57. The lowest BCUT2D eigenvalue weighted by Gasteiger charge is -2.40. The van der Waals surface area contributed by atoms with E-state index in [1.54, 1.807) is 18.3 Å². The Morgan fingerprint density at radius 2 is 1.97 bits per heavy atom. The van der Waals surface area contributed by atoms with Gasteiger partial charge in [-0.1, -0.05) is 0 Å². The van der Waals surface area contributed by atoms with Gasteiger partial charge in [-0.2, -0.15) is 0 Å². The number of nitrogens with one attached hydrogen (secondary N) is 1. The molecule has 0 bridgehead atoms. The van der Waals surface area contributed by atoms with Crippen molar-refractivity contribution in [2.45, 2.75) is 31.3 Å². The number of carbonyl (C=O) groups is 1. The summed E-state index contributed by atoms with van der Waals surface area (Å²) in [6.45, 7) is 3.28. The zero-order valence-corrected chi connectivity index (χ0v) is 20.1. The number of hydrogen-bond acceptors (Lipinski definition) is 9. The summed E-state index contributed by atoms with van der Waals surface area (Å²) in [5, 5.41) is 3.35. The molecule has 1 fully saturated rings. The Bertz CT molecular complexity index is 1260. The second-order valence-corrected chi connectivity index (χ2v) is 9.02. The molecule has 0 saturated carbocycles. The van der Waals surface area contributed by atoms with E-state index in [0.29, 0.717) is 92.6 Å². The van der Waals surface area contributed by atoms with Crippen LogP contribution in [0.1, 0.15) is 24.1 Å². The molecule has 10 nitrogen and oxygen atoms in total. The van der Waals surface area contributed by atoms with Crippen LogP contribution in [0.4, 0.5) is 4.39 Å². The van der Waals surface area contributed by atoms with E-state index in [0.717, 1.165) is 5.69 Å². The SMILES string of the molecule is COc1ccc2ncc(F)c(CCN3CCC(NCc4cc5c(cn4)OCCO5)(C(N)=O)CC3)c2n1. The van der Waals surface area contributed by atoms with Gasteiger partial charge in [-0.15, -0.1) is 0 Å². The minimum atomic E-state index is -0.838. The number of ether oxygens (including phenoxy) is 3. The van der Waals surface area contributed by atoms with Gasteiger partial charge in [0.2, 0.25) is 11.8 Å². The molecule has 11 heteroatoms. The number of nitrogens with two attached hydrogens (primary N) is 1. The van der Waals surface area contributed by atoms with Gasteiger partial charge < -0.3 is 24.8 Å². The average molecular weight is 497 g/mol. The predicted molar refractivity (Wildman–Crippen MR) is 129 cm³/mol. The number of rotatable bonds is 8. The lowest BCUT2D eigenvalue weighted by Crippen LogP contribution is -2.60. The van der Waals surface area contributed by atoms with E-state index in [9.17, 15) is 9.18 Å². The largest absolute Gasteiger partial charge is 0.486 e. The standard InChI is InChI=1S/C25H29FN6O4/c1-34-22-3-2-19-23(31-22)17(18(26)14-29-19)4-7-32-8-5-25(6-9-32,24(27)33)30-13-16-12-20-21(15-28-16)36-11-10-35-20/h2-3,12,14-15,30H,4-11,13H2,1H3,(H2,27,33). The van der Waals surface area contributed by atoms with Crippen molar-refractivity contribution in [3.05, 3.63) is 47.7 Å². The molecule has 36 heavy (non-hydrogen) atoms. The van der Waals surface area contributed by atoms with E-state index in [1.807, 2.05) is 6.07 Å². The molecule has 1 saturated heterocycles. The minimum Gasteiger partial charge on any atom is -0.486 e. The van der Waals surface area contributed by atoms with Crippen LogP contribution in [-0.4, -0.2) is 71.3 Å². The molecule has 5 heterocycles. The maximum atomic E-state index is 14.6. The second kappa shape index (κ2) is 10.2. The summed E-state index contributed by atoms with van der Waals surface area (Å²) in [5.41, 5.74) is 7.37. The summed E-state index contributed by atoms with van der Waals surface area (Å²) in [4.78, 5) is 27.6. The first-order valence-electron chi connectivity index (χ1n) is 12.0. The summed E-state index contributed by atoms with van der Waals surface area (Å²) in [7, 11) is 1.52. The average Bonchev–Trinajstić information content (AvgIpc) is 2.91. The molecule has 3 N–H and O–H groups in total. The van der Waals surface area contributed by atoms with E-state index >= 15 is 0 Å². The molecule has 0 aromatic carbocycles. The van der Waals surface area contributed by atoms with Gasteiger partial charge in [-0.25, -0.2) is 9.37 Å². The molecule has 190 valence electrons. The van der Waals surface area contributed by atoms with E-state index in [-0.39, 0.29) is 11.7 Å². The fourth-order valence-electron chi connectivity index (χ4n) is 4.71. The molecule has 3 aromatic rings. The van der Waals surface area contributed by atoms with Crippen LogP contribution in [0.2, 0.25) is 0 Å². The van der Waals surface area contributed by atoms with Gasteiger partial charge in [0, 0.05) is 43.9 Å². The van der Waals surface area contributed by atoms with Crippen LogP contribution < -0.4 is 25.3 Å². The number of methoxy groups -OCH3 is 1. The molecule has 2 aliphatic rings. The lowest BCUT2D eigenvalue weighted by atomic mass is 9.86. The molecule has 0 unspecified atom stereocenters. The lowest BCUT2D eigenvalue weighted by molar-refractivity contribution is -0.126. The third-order valence-electron chi connectivity index (χ3n) is 6.90. The Morgan fingerprint density at radius 1 is 1.19 bits per heavy atom. The normalized spacial score (nSPS) is 17.2. The summed E-state index contributed by atoms with van der Waals surface area (Å²) >= 11 is 0. The zero-order chi connectivity index (χ0) is 25.1. The monoisotopic (exact) mass is 496 g/mol. The van der Waals surface area contributed by atoms with Gasteiger partial charge in [0.15, 0.2) is 11.5 Å². The summed E-state index contributed by atoms with van der Waals surface area (Å²) in [6.07, 6.45) is 4.41. The number of piperidine rings is 1. The number of fused-ring (bicyclic) bond motifs is 2. The third-order valence-corrected chi connectivity index (χ3v) is 6.90. The summed E-state index contributed by atoms with van der Waals surface area (Å²) < 4.78 is 31.0. The number of aromatic nitrogens is 3. The van der Waals surface area contributed by atoms with Crippen LogP contribution in [0.25, 0.3) is 11.0 Å². The number of carbonyl (C=O) groups excluding carboxylic acids is 1. The number of hydrogen-bond donors (Lipinski definition) is 2. The molecule has 1 amide bonds. The van der Waals surface area contributed by atoms with Crippen LogP contribution >= 0.6 is 0 Å². The number of pyridine rings is 3. The van der Waals surface area contributed by atoms with Crippen LogP contribution in [-0.2, 0) is 17.8 Å². The Kier molecular flexibility index (Phi) is 6.84. The first kappa shape index (κ1) is 24.1. The van der Waals surface area contributed by atoms with Gasteiger partial charge in [-0.05, 0) is 25.3 Å². The first-order valence-corrected chi connectivity index (χ1v) is 12.0. The number of halogens is 1. The molecule has 0 aliphatic carbocycles. The van der Waals surface area contributed by atoms with Crippen molar-refractivity contribution in [2.24, 2.45) is 5.73 Å². The van der Waals surface area contributed by atoms with E-state index < -0.39 is 5.54 Å². The van der Waals surface area contributed by atoms with Crippen molar-refractivity contribution >= 4 is 16.9 Å². The van der Waals surface area contributed by atoms with Crippen molar-refractivity contribution in [1.82, 2.24) is 25.2 Å². The second-order valence-electron chi connectivity index (χ2n) is 9.02. The highest BCUT2D eigenvalue weighted by Gasteiger charge is 2.39. The highest BCUT2D eigenvalue weighted by Crippen LogP contribution is 2.30. The van der Waals surface area contributed by atoms with Gasteiger partial charge in [-0.3, -0.25) is 20.1 Å². The Labute approximate surface area is 208 Å². The Morgan fingerprint density at radius 3 is 2.72 bits per heavy atom. The zero-order valence-electron chi connectivity index (χ0n) is 20.1. The van der Waals surface area contributed by atoms with Crippen molar-refractivity contribution in [1.29, 1.82) is 0 Å². The fraction of sp³-hybridized carbons (Fsp3) is 0.440. The van der Waals surface area contributed by atoms with Crippen molar-refractivity contribution in [2.75, 3.05) is 40.0 Å². The molecule has 0 radical (unpaired) electrons. The van der Waals surface area contributed by atoms with E-state index in [4.69, 9.17) is 19.9 Å². The molecular weight excluding hydrogens is 467 g/mol. The molecule has 0 atom stereocenters. The van der Waals surface area contributed by atoms with Crippen LogP contribution in [0.3, 0.4) is 0 Å². The smallest absolute Gasteiger partial charge is 0.237 e. The van der Waals surface area contributed by atoms with Crippen LogP contribution in [0.5, 0.6) is 17.4 Å². The number of primary amides is 1. The quantitative estimate of drug-likeness (QED) is 0.478. The highest BCUT2D eigenvalue weighted by molar-refractivity contribution is 5.84. The summed E-state index contributed by atoms with van der Waals surface area (Å²) in [6, 6.07) is 5.30. The van der Waals surface area contributed by atoms with Crippen molar-refractivity contribution in [3.8, 4) is 17.4 Å². The number of nitrogens with zero attached hydrogens (tertiary/aromatic N) is 4. The highest BCUT2D eigenvalue weighted by atomic mass is 19.1. The van der Waals surface area contributed by atoms with E-state index in [1.165, 1.54) is 13.3 Å². The van der Waals surface area contributed by atoms with Gasteiger partial charge in [0.25, 0.3) is 0 Å². The molecular formula is C25H29FN6O4. The fourth-order valence-corrected chi connectivity index (χ4v) is 4.71. The van der Waals surface area contributed by atoms with E-state index in [2.05, 4.69) is 25.2 Å². The van der Waals surface area contributed by atoms with Gasteiger partial charge in [0.1, 0.15) is 24.6 Å². The maximum absolute atomic E-state index is 14.6. The Balaban J connectivity index is 1.22. The summed E-state index contributed by atoms with van der Waals surface area (Å²) in [5.74, 6) is 0.912. The number of amides is 1. The topological polar surface area (TPSA) is 125 Å². The molecule has 5 rings (SSSR count). The molecule has 0 spiro atoms. The van der Waals surface area contributed by atoms with Crippen molar-refractivity contribution in [3.63, 3.8) is 0 Å². The van der Waals surface area contributed by atoms with Crippen LogP contribution in [0.15, 0.2) is 30.6 Å². The molecule has 2 aliphatic heterocycles. The van der Waals surface area contributed by atoms with Gasteiger partial charge in [0.05, 0.1) is 36.2 Å². The maximum Gasteiger partial charge on any atom is 0.237 e. The van der Waals surface area contributed by atoms with Gasteiger partial charge >= 0.3 is 0 Å². The minimum absolute atomic E-state index is 0.376. The number of likely N-dealkylation sites (tertiary alicyclic amines) is 1. The molecule has 3 aromatic heterocycles. The predicted octanol–water partition coefficient (Wildman–Crippen LogP) is 1.60. The van der Waals surface area contributed by atoms with Crippen molar-refractivity contribution < 1.29 is 23.4 Å². The van der Waals surface area contributed by atoms with Crippen LogP contribution in [0, 0.1) is 5.82 Å². The third kappa shape index (κ3) is 4.89. The first-order chi connectivity index (χ1) is 17.5.